The molecule has 11 nitrogen and oxygen atoms in total. The molecule has 10 atom stereocenters. The van der Waals surface area contributed by atoms with E-state index in [9.17, 15) is 24.9 Å². The van der Waals surface area contributed by atoms with Crippen molar-refractivity contribution in [3.63, 3.8) is 0 Å². The summed E-state index contributed by atoms with van der Waals surface area (Å²) < 4.78 is 2.22. The molecule has 0 aromatic carbocycles. The number of aliphatic hydroxyl groups excluding tert-OH is 1. The van der Waals surface area contributed by atoms with Crippen molar-refractivity contribution in [2.45, 2.75) is 127 Å². The summed E-state index contributed by atoms with van der Waals surface area (Å²) in [6, 6.07) is -1.20. The quantitative estimate of drug-likeness (QED) is 0.137. The topological polar surface area (TPSA) is 163 Å². The van der Waals surface area contributed by atoms with Crippen LogP contribution < -0.4 is 25.8 Å². The van der Waals surface area contributed by atoms with E-state index in [0.717, 1.165) is 62.8 Å². The monoisotopic (exact) mass is 779 g/mol. The molecule has 1 aromatic heterocycles. The van der Waals surface area contributed by atoms with E-state index in [2.05, 4.69) is 103 Å². The molecule has 0 amide bonds. The summed E-state index contributed by atoms with van der Waals surface area (Å²) in [5.41, 5.74) is 11.2. The van der Waals surface area contributed by atoms with Crippen molar-refractivity contribution in [3.05, 3.63) is 80.9 Å². The second kappa shape index (κ2) is 16.4. The number of thioether (sulfide) groups is 2. The molecule has 1 fully saturated rings. The zero-order valence-corrected chi connectivity index (χ0v) is 34.7. The summed E-state index contributed by atoms with van der Waals surface area (Å²) in [7, 11) is 0. The molecule has 13 heteroatoms. The third-order valence-electron chi connectivity index (χ3n) is 12.7. The maximum Gasteiger partial charge on any atom is 0.303 e. The van der Waals surface area contributed by atoms with E-state index in [1.54, 1.807) is 11.8 Å². The fourth-order valence-corrected chi connectivity index (χ4v) is 10.7. The molecule has 0 spiro atoms. The fourth-order valence-electron chi connectivity index (χ4n) is 9.47. The van der Waals surface area contributed by atoms with Gasteiger partial charge in [-0.3, -0.25) is 14.9 Å². The second-order valence-corrected chi connectivity index (χ2v) is 18.0. The number of carbonyl (C=O) groups is 2. The minimum atomic E-state index is -0.883. The van der Waals surface area contributed by atoms with Gasteiger partial charge in [-0.1, -0.05) is 20.8 Å². The van der Waals surface area contributed by atoms with Crippen LogP contribution in [0.4, 0.5) is 0 Å². The van der Waals surface area contributed by atoms with Gasteiger partial charge >= 0.3 is 11.9 Å². The van der Waals surface area contributed by atoms with Crippen LogP contribution in [0, 0.1) is 11.8 Å². The van der Waals surface area contributed by atoms with Crippen LogP contribution in [0.3, 0.4) is 0 Å². The molecule has 10 unspecified atom stereocenters. The minimum absolute atomic E-state index is 0.0142. The van der Waals surface area contributed by atoms with Gasteiger partial charge in [0.2, 0.25) is 6.33 Å². The molecular formula is C41H59N6O5S2+. The van der Waals surface area contributed by atoms with Crippen molar-refractivity contribution >= 4 is 41.2 Å². The molecule has 6 heterocycles. The lowest BCUT2D eigenvalue weighted by Crippen LogP contribution is -2.49. The highest BCUT2D eigenvalue weighted by Crippen LogP contribution is 2.44. The number of rotatable bonds is 12. The number of nitrogens with one attached hydrogen (secondary N) is 5. The first-order valence-electron chi connectivity index (χ1n) is 19.3. The predicted octanol–water partition coefficient (Wildman–Crippen LogP) is 4.87. The number of carboxylic acid groups (broad SMARTS) is 2. The smallest absolute Gasteiger partial charge is 0.303 e. The molecule has 0 radical (unpaired) electrons. The molecule has 1 aromatic rings. The van der Waals surface area contributed by atoms with Crippen LogP contribution in [-0.4, -0.2) is 91.6 Å². The summed E-state index contributed by atoms with van der Waals surface area (Å²) >= 11 is 3.67. The molecular weight excluding hydrogens is 721 g/mol. The third-order valence-corrected chi connectivity index (χ3v) is 14.7. The highest BCUT2D eigenvalue weighted by Gasteiger charge is 2.49. The number of hydrogen-bond acceptors (Lipinski definition) is 9. The number of aryl methyl sites for hydroxylation is 1. The van der Waals surface area contributed by atoms with Gasteiger partial charge < -0.3 is 31.3 Å². The number of fused-ring (bicyclic) bond motifs is 8. The molecule has 8 N–H and O–H groups in total. The highest BCUT2D eigenvalue weighted by atomic mass is 32.2. The maximum atomic E-state index is 12.3. The van der Waals surface area contributed by atoms with Crippen LogP contribution in [0.1, 0.15) is 79.8 Å². The number of imidazole rings is 1. The average molecular weight is 780 g/mol. The van der Waals surface area contributed by atoms with Crippen LogP contribution in [0.2, 0.25) is 0 Å². The normalized spacial score (nSPS) is 33.9. The number of hydrogen-bond donors (Lipinski definition) is 8. The number of H-pyrrole nitrogens is 1. The molecule has 5 aliphatic heterocycles. The molecule has 0 aliphatic carbocycles. The minimum Gasteiger partial charge on any atom is -0.481 e. The van der Waals surface area contributed by atoms with Crippen LogP contribution in [0.5, 0.6) is 0 Å². The van der Waals surface area contributed by atoms with Crippen LogP contribution >= 0.6 is 23.5 Å². The number of carboxylic acids is 2. The second-order valence-electron chi connectivity index (χ2n) is 15.6. The third kappa shape index (κ3) is 7.45. The van der Waals surface area contributed by atoms with Gasteiger partial charge in [-0.25, -0.2) is 9.55 Å². The lowest BCUT2D eigenvalue weighted by atomic mass is 9.83. The summed E-state index contributed by atoms with van der Waals surface area (Å²) in [5, 5.41) is 47.9. The Balaban J connectivity index is 1.63. The molecule has 0 saturated carbocycles. The van der Waals surface area contributed by atoms with Gasteiger partial charge in [-0.15, -0.1) is 0 Å². The number of aromatic nitrogens is 2. The maximum absolute atomic E-state index is 12.3. The van der Waals surface area contributed by atoms with E-state index in [1.165, 1.54) is 5.57 Å². The van der Waals surface area contributed by atoms with Crippen molar-refractivity contribution in [1.82, 2.24) is 26.3 Å². The standard InChI is InChI=1S/C41H58N6O5S2/c1-10-25-17-47(18-42-25)40-36-19(2)26(11-13-32(48)49)29(44-36)16-30-27(12-14-33(50)51)20(3)37(45-30)41(52)38-22(5)34(23(6)53-8)31(46-38)15-28-21(4)35(24(7)54-9)39(40)43-28/h15-18,21,23-24,28-29,35,37-39,41,43-46,52H,10-14H2,1-9H3,(H2,48,49,50,51)/p+1/b30-16-,31-15-,40-36+. The van der Waals surface area contributed by atoms with E-state index in [1.807, 2.05) is 25.0 Å². The zero-order valence-electron chi connectivity index (χ0n) is 33.0. The molecule has 6 rings (SSSR count). The van der Waals surface area contributed by atoms with Gasteiger partial charge in [0.1, 0.15) is 23.7 Å². The van der Waals surface area contributed by atoms with Crippen molar-refractivity contribution in [3.8, 4) is 0 Å². The van der Waals surface area contributed by atoms with E-state index in [0.29, 0.717) is 18.1 Å². The highest BCUT2D eigenvalue weighted by molar-refractivity contribution is 7.99. The SMILES string of the molecule is CCc1c[n+](/C2=C3/NC(/C=C4\NC(C(C)=C4CCC(=O)O)C(O)C4N/C(=C\C5NC2C(C(C)SC)C5C)C(C(C)SC)=C4C)C(CCC(=O)O)=C3C)c[nH]1. The summed E-state index contributed by atoms with van der Waals surface area (Å²) in [4.78, 5) is 27.4. The first kappa shape index (κ1) is 40.3. The first-order valence-corrected chi connectivity index (χ1v) is 21.9. The van der Waals surface area contributed by atoms with Crippen LogP contribution in [0.25, 0.3) is 5.70 Å². The number of nitrogens with zero attached hydrogens (tertiary/aromatic N) is 1. The van der Waals surface area contributed by atoms with E-state index >= 15 is 0 Å². The Morgan fingerprint density at radius 3 is 2.20 bits per heavy atom. The average Bonchev–Trinajstić information content (AvgIpc) is 3.94. The Labute approximate surface area is 328 Å². The lowest BCUT2D eigenvalue weighted by molar-refractivity contribution is -0.584. The zero-order chi connectivity index (χ0) is 39.2. The lowest BCUT2D eigenvalue weighted by Gasteiger charge is -2.28. The largest absolute Gasteiger partial charge is 0.481 e. The number of allylic oxidation sites excluding steroid dienone is 3. The van der Waals surface area contributed by atoms with Crippen LogP contribution in [-0.2, 0) is 16.0 Å². The van der Waals surface area contributed by atoms with Crippen molar-refractivity contribution in [2.24, 2.45) is 11.8 Å². The van der Waals surface area contributed by atoms with Gasteiger partial charge in [-0.05, 0) is 110 Å². The van der Waals surface area contributed by atoms with Crippen LogP contribution in [0.15, 0.2) is 75.2 Å². The number of aliphatic carboxylic acids is 2. The van der Waals surface area contributed by atoms with Crippen molar-refractivity contribution in [1.29, 1.82) is 0 Å². The summed E-state index contributed by atoms with van der Waals surface area (Å²) in [6.45, 7) is 15.2. The van der Waals surface area contributed by atoms with E-state index in [4.69, 9.17) is 0 Å². The Hall–Kier alpha value is -3.39. The van der Waals surface area contributed by atoms with Crippen molar-refractivity contribution < 1.29 is 29.5 Å². The first-order chi connectivity index (χ1) is 25.7. The Morgan fingerprint density at radius 2 is 1.57 bits per heavy atom. The van der Waals surface area contributed by atoms with Gasteiger partial charge in [0, 0.05) is 47.2 Å². The van der Waals surface area contributed by atoms with Gasteiger partial charge in [0.05, 0.1) is 29.9 Å². The molecule has 1 saturated heterocycles. The number of aliphatic hydroxyl groups is 1. The Bertz CT molecular complexity index is 1860. The van der Waals surface area contributed by atoms with Gasteiger partial charge in [-0.2, -0.15) is 23.5 Å². The molecule has 5 aliphatic rings. The predicted molar refractivity (Wildman–Crippen MR) is 218 cm³/mol. The van der Waals surface area contributed by atoms with E-state index < -0.39 is 24.1 Å². The fraction of sp³-hybridized carbons (Fsp3) is 0.585. The molecule has 54 heavy (non-hydrogen) atoms. The summed E-state index contributed by atoms with van der Waals surface area (Å²) in [5.74, 6) is -1.25. The van der Waals surface area contributed by atoms with E-state index in [-0.39, 0.29) is 54.1 Å². The van der Waals surface area contributed by atoms with Gasteiger partial charge in [0.25, 0.3) is 0 Å². The molecule has 294 valence electrons. The summed E-state index contributed by atoms with van der Waals surface area (Å²) in [6.07, 6.45) is 13.6. The molecule has 8 bridgehead atoms. The Morgan fingerprint density at radius 1 is 0.907 bits per heavy atom. The van der Waals surface area contributed by atoms with Gasteiger partial charge in [0.15, 0.2) is 0 Å². The van der Waals surface area contributed by atoms with Crippen molar-refractivity contribution in [2.75, 3.05) is 12.5 Å². The number of aromatic amines is 1. The Kier molecular flexibility index (Phi) is 12.2.